The van der Waals surface area contributed by atoms with Gasteiger partial charge in [0.25, 0.3) is 5.69 Å². The average Bonchev–Trinajstić information content (AvgIpc) is 2.45. The second kappa shape index (κ2) is 6.56. The Kier molecular flexibility index (Phi) is 4.50. The second-order valence-electron chi connectivity index (χ2n) is 6.65. The van der Waals surface area contributed by atoms with Gasteiger partial charge in [0.1, 0.15) is 5.69 Å². The van der Waals surface area contributed by atoms with Crippen molar-refractivity contribution in [2.75, 3.05) is 18.0 Å². The fourth-order valence-electron chi connectivity index (χ4n) is 3.30. The van der Waals surface area contributed by atoms with E-state index in [-0.39, 0.29) is 28.5 Å². The molecule has 2 fully saturated rings. The third-order valence-corrected chi connectivity index (χ3v) is 4.99. The Morgan fingerprint density at radius 3 is 2.52 bits per heavy atom. The predicted octanol–water partition coefficient (Wildman–Crippen LogP) is 2.79. The first kappa shape index (κ1) is 15.8. The van der Waals surface area contributed by atoms with Gasteiger partial charge in [0.15, 0.2) is 0 Å². The highest BCUT2D eigenvalue weighted by Gasteiger charge is 2.29. The Balaban J connectivity index is 1.61. The molecule has 1 saturated heterocycles. The highest BCUT2D eigenvalue weighted by molar-refractivity contribution is 5.79. The fraction of sp³-hybridized carbons (Fsp3) is 0.588. The number of piperidine rings is 1. The van der Waals surface area contributed by atoms with Crippen LogP contribution in [-0.2, 0) is 4.79 Å². The molecule has 0 atom stereocenters. The Morgan fingerprint density at radius 2 is 1.96 bits per heavy atom. The van der Waals surface area contributed by atoms with Gasteiger partial charge in [-0.3, -0.25) is 14.9 Å². The van der Waals surface area contributed by atoms with E-state index >= 15 is 0 Å². The molecule has 1 heterocycles. The molecule has 23 heavy (non-hydrogen) atoms. The van der Waals surface area contributed by atoms with E-state index in [4.69, 9.17) is 0 Å². The summed E-state index contributed by atoms with van der Waals surface area (Å²) in [6.45, 7) is 3.42. The van der Waals surface area contributed by atoms with Crippen LogP contribution in [0.25, 0.3) is 0 Å². The van der Waals surface area contributed by atoms with Gasteiger partial charge in [-0.15, -0.1) is 0 Å². The molecule has 1 amide bonds. The molecular weight excluding hydrogens is 294 g/mol. The Labute approximate surface area is 136 Å². The van der Waals surface area contributed by atoms with E-state index in [9.17, 15) is 14.9 Å². The summed E-state index contributed by atoms with van der Waals surface area (Å²) in [6.07, 6.45) is 4.86. The molecule has 1 aromatic rings. The number of carbonyl (C=O) groups excluding carboxylic acids is 1. The van der Waals surface area contributed by atoms with Crippen molar-refractivity contribution in [2.45, 2.75) is 45.1 Å². The van der Waals surface area contributed by atoms with Gasteiger partial charge in [-0.25, -0.2) is 0 Å². The summed E-state index contributed by atoms with van der Waals surface area (Å²) in [7, 11) is 0. The lowest BCUT2D eigenvalue weighted by Crippen LogP contribution is -2.47. The minimum Gasteiger partial charge on any atom is -0.366 e. The summed E-state index contributed by atoms with van der Waals surface area (Å²) in [4.78, 5) is 25.0. The minimum absolute atomic E-state index is 0.160. The molecule has 1 saturated carbocycles. The van der Waals surface area contributed by atoms with Crippen molar-refractivity contribution in [1.82, 2.24) is 5.32 Å². The van der Waals surface area contributed by atoms with Crippen LogP contribution in [0.3, 0.4) is 0 Å². The molecule has 1 aromatic carbocycles. The van der Waals surface area contributed by atoms with Gasteiger partial charge >= 0.3 is 0 Å². The van der Waals surface area contributed by atoms with Gasteiger partial charge in [-0.05, 0) is 44.2 Å². The monoisotopic (exact) mass is 317 g/mol. The van der Waals surface area contributed by atoms with Crippen LogP contribution in [0.4, 0.5) is 11.4 Å². The molecule has 0 unspecified atom stereocenters. The number of nitrogens with one attached hydrogen (secondary N) is 1. The number of amides is 1. The van der Waals surface area contributed by atoms with Gasteiger partial charge < -0.3 is 10.2 Å². The van der Waals surface area contributed by atoms with E-state index in [1.165, 1.54) is 0 Å². The number of carbonyl (C=O) groups is 1. The third-order valence-electron chi connectivity index (χ3n) is 4.99. The van der Waals surface area contributed by atoms with E-state index < -0.39 is 0 Å². The quantitative estimate of drug-likeness (QED) is 0.684. The molecule has 124 valence electrons. The molecule has 0 spiro atoms. The van der Waals surface area contributed by atoms with Crippen LogP contribution < -0.4 is 10.2 Å². The molecular formula is C17H23N3O3. The Bertz CT molecular complexity index is 605. The number of hydrogen-bond acceptors (Lipinski definition) is 4. The van der Waals surface area contributed by atoms with Crippen molar-refractivity contribution in [3.63, 3.8) is 0 Å². The average molecular weight is 317 g/mol. The Morgan fingerprint density at radius 1 is 1.26 bits per heavy atom. The van der Waals surface area contributed by atoms with Crippen molar-refractivity contribution >= 4 is 17.3 Å². The normalized spacial score (nSPS) is 19.3. The van der Waals surface area contributed by atoms with Gasteiger partial charge in [0.2, 0.25) is 5.91 Å². The van der Waals surface area contributed by atoms with E-state index in [0.29, 0.717) is 5.69 Å². The van der Waals surface area contributed by atoms with Crippen LogP contribution in [0.1, 0.15) is 37.7 Å². The number of aryl methyl sites for hydroxylation is 1. The van der Waals surface area contributed by atoms with Gasteiger partial charge in [-0.2, -0.15) is 0 Å². The standard InChI is InChI=1S/C17H23N3O3/c1-12-5-6-15(20(22)23)16(11-12)19-9-7-14(8-10-19)18-17(21)13-3-2-4-13/h5-6,11,13-14H,2-4,7-10H2,1H3,(H,18,21). The number of nitro benzene ring substituents is 1. The van der Waals surface area contributed by atoms with Crippen LogP contribution in [0.5, 0.6) is 0 Å². The first-order chi connectivity index (χ1) is 11.0. The highest BCUT2D eigenvalue weighted by atomic mass is 16.6. The zero-order valence-electron chi connectivity index (χ0n) is 13.5. The van der Waals surface area contributed by atoms with E-state index in [2.05, 4.69) is 10.2 Å². The van der Waals surface area contributed by atoms with E-state index in [0.717, 1.165) is 50.8 Å². The molecule has 0 bridgehead atoms. The van der Waals surface area contributed by atoms with Gasteiger partial charge in [0, 0.05) is 31.1 Å². The van der Waals surface area contributed by atoms with E-state index in [1.807, 2.05) is 13.0 Å². The largest absolute Gasteiger partial charge is 0.366 e. The summed E-state index contributed by atoms with van der Waals surface area (Å²) in [6, 6.07) is 5.43. The third kappa shape index (κ3) is 3.46. The van der Waals surface area contributed by atoms with Crippen molar-refractivity contribution < 1.29 is 9.72 Å². The summed E-state index contributed by atoms with van der Waals surface area (Å²) in [5.74, 6) is 0.405. The summed E-state index contributed by atoms with van der Waals surface area (Å²) in [5, 5.41) is 14.4. The first-order valence-corrected chi connectivity index (χ1v) is 8.35. The van der Waals surface area contributed by atoms with Crippen LogP contribution in [0.15, 0.2) is 18.2 Å². The first-order valence-electron chi connectivity index (χ1n) is 8.35. The number of nitro groups is 1. The summed E-state index contributed by atoms with van der Waals surface area (Å²) >= 11 is 0. The zero-order chi connectivity index (χ0) is 16.4. The Hall–Kier alpha value is -2.11. The molecule has 3 rings (SSSR count). The predicted molar refractivity (Wildman–Crippen MR) is 88.6 cm³/mol. The maximum absolute atomic E-state index is 12.0. The number of anilines is 1. The topological polar surface area (TPSA) is 75.5 Å². The minimum atomic E-state index is -0.320. The molecule has 1 aliphatic heterocycles. The zero-order valence-corrected chi connectivity index (χ0v) is 13.5. The number of hydrogen-bond donors (Lipinski definition) is 1. The lowest BCUT2D eigenvalue weighted by Gasteiger charge is -2.35. The van der Waals surface area contributed by atoms with Crippen LogP contribution >= 0.6 is 0 Å². The van der Waals surface area contributed by atoms with Crippen LogP contribution in [0.2, 0.25) is 0 Å². The van der Waals surface area contributed by atoms with Crippen LogP contribution in [0, 0.1) is 23.0 Å². The maximum atomic E-state index is 12.0. The highest BCUT2D eigenvalue weighted by Crippen LogP contribution is 2.31. The van der Waals surface area contributed by atoms with E-state index in [1.54, 1.807) is 12.1 Å². The second-order valence-corrected chi connectivity index (χ2v) is 6.65. The number of nitrogens with zero attached hydrogens (tertiary/aromatic N) is 2. The summed E-state index contributed by atoms with van der Waals surface area (Å²) in [5.41, 5.74) is 1.87. The molecule has 0 radical (unpaired) electrons. The molecule has 6 nitrogen and oxygen atoms in total. The number of benzene rings is 1. The maximum Gasteiger partial charge on any atom is 0.292 e. The smallest absolute Gasteiger partial charge is 0.292 e. The molecule has 6 heteroatoms. The van der Waals surface area contributed by atoms with Gasteiger partial charge in [-0.1, -0.05) is 12.5 Å². The van der Waals surface area contributed by atoms with Crippen LogP contribution in [-0.4, -0.2) is 30.0 Å². The van der Waals surface area contributed by atoms with Crippen molar-refractivity contribution in [1.29, 1.82) is 0 Å². The van der Waals surface area contributed by atoms with Crippen molar-refractivity contribution in [3.8, 4) is 0 Å². The molecule has 1 N–H and O–H groups in total. The summed E-state index contributed by atoms with van der Waals surface area (Å²) < 4.78 is 0. The fourth-order valence-corrected chi connectivity index (χ4v) is 3.30. The SMILES string of the molecule is Cc1ccc([N+](=O)[O-])c(N2CCC(NC(=O)C3CCC3)CC2)c1. The lowest BCUT2D eigenvalue weighted by atomic mass is 9.84. The molecule has 0 aromatic heterocycles. The molecule has 2 aliphatic rings. The van der Waals surface area contributed by atoms with Crippen molar-refractivity contribution in [2.24, 2.45) is 5.92 Å². The van der Waals surface area contributed by atoms with Crippen molar-refractivity contribution in [3.05, 3.63) is 33.9 Å². The van der Waals surface area contributed by atoms with Gasteiger partial charge in [0.05, 0.1) is 4.92 Å². The molecule has 1 aliphatic carbocycles. The lowest BCUT2D eigenvalue weighted by molar-refractivity contribution is -0.384. The number of rotatable bonds is 4.